The van der Waals surface area contributed by atoms with Crippen molar-refractivity contribution in [3.8, 4) is 0 Å². The van der Waals surface area contributed by atoms with E-state index in [-0.39, 0.29) is 0 Å². The van der Waals surface area contributed by atoms with Crippen molar-refractivity contribution in [1.29, 1.82) is 0 Å². The molecule has 0 atom stereocenters. The fourth-order valence-corrected chi connectivity index (χ4v) is 3.33. The van der Waals surface area contributed by atoms with Gasteiger partial charge in [-0.15, -0.1) is 0 Å². The van der Waals surface area contributed by atoms with Gasteiger partial charge in [-0.1, -0.05) is 34.6 Å². The molecule has 4 nitrogen and oxygen atoms in total. The second kappa shape index (κ2) is 6.20. The highest BCUT2D eigenvalue weighted by atomic mass is 15.2. The van der Waals surface area contributed by atoms with Crippen LogP contribution in [0.3, 0.4) is 0 Å². The summed E-state index contributed by atoms with van der Waals surface area (Å²) in [6, 6.07) is 0. The Labute approximate surface area is 129 Å². The number of piperidine rings is 1. The molecule has 118 valence electrons. The number of nitrogens with zero attached hydrogens (tertiary/aromatic N) is 3. The van der Waals surface area contributed by atoms with Crippen LogP contribution in [-0.2, 0) is 0 Å². The predicted octanol–water partition coefficient (Wildman–Crippen LogP) is 3.90. The van der Waals surface area contributed by atoms with Gasteiger partial charge in [0, 0.05) is 25.7 Å². The first-order chi connectivity index (χ1) is 9.84. The molecule has 1 saturated heterocycles. The van der Waals surface area contributed by atoms with Crippen molar-refractivity contribution in [3.63, 3.8) is 0 Å². The van der Waals surface area contributed by atoms with Gasteiger partial charge in [-0.05, 0) is 30.1 Å². The fraction of sp³-hybridized carbons (Fsp3) is 0.765. The van der Waals surface area contributed by atoms with Crippen LogP contribution in [0.1, 0.15) is 58.9 Å². The zero-order valence-electron chi connectivity index (χ0n) is 14.4. The van der Waals surface area contributed by atoms with Crippen LogP contribution in [0, 0.1) is 11.3 Å². The molecule has 0 unspecified atom stereocenters. The average molecular weight is 290 g/mol. The Hall–Kier alpha value is -1.32. The maximum atomic E-state index is 4.59. The Balaban J connectivity index is 2.21. The van der Waals surface area contributed by atoms with Crippen molar-refractivity contribution < 1.29 is 0 Å². The third-order valence-electron chi connectivity index (χ3n) is 4.70. The van der Waals surface area contributed by atoms with E-state index in [0.29, 0.717) is 11.3 Å². The first-order valence-corrected chi connectivity index (χ1v) is 8.12. The van der Waals surface area contributed by atoms with Crippen LogP contribution in [0.25, 0.3) is 0 Å². The number of anilines is 2. The van der Waals surface area contributed by atoms with E-state index in [1.807, 2.05) is 7.05 Å². The van der Waals surface area contributed by atoms with Gasteiger partial charge in [-0.2, -0.15) is 0 Å². The molecule has 0 spiro atoms. The van der Waals surface area contributed by atoms with Gasteiger partial charge in [0.15, 0.2) is 0 Å². The number of hydrogen-bond acceptors (Lipinski definition) is 4. The van der Waals surface area contributed by atoms with Crippen molar-refractivity contribution in [2.75, 3.05) is 30.4 Å². The minimum Gasteiger partial charge on any atom is -0.373 e. The first-order valence-electron chi connectivity index (χ1n) is 8.12. The molecule has 0 radical (unpaired) electrons. The average Bonchev–Trinajstić information content (AvgIpc) is 2.45. The summed E-state index contributed by atoms with van der Waals surface area (Å²) in [5.41, 5.74) is 1.66. The van der Waals surface area contributed by atoms with Gasteiger partial charge in [0.2, 0.25) is 0 Å². The standard InChI is InChI=1S/C17H30N4/c1-12(2)14-15(18-6)19-11-20-16(14)21-9-7-13(8-10-21)17(3,4)5/h11-13H,7-10H2,1-6H3,(H,18,19,20). The van der Waals surface area contributed by atoms with Crippen molar-refractivity contribution in [3.05, 3.63) is 11.9 Å². The van der Waals surface area contributed by atoms with Crippen LogP contribution in [0.5, 0.6) is 0 Å². The minimum absolute atomic E-state index is 0.411. The molecule has 1 N–H and O–H groups in total. The van der Waals surface area contributed by atoms with Crippen LogP contribution in [-0.4, -0.2) is 30.1 Å². The summed E-state index contributed by atoms with van der Waals surface area (Å²) in [7, 11) is 1.93. The van der Waals surface area contributed by atoms with Gasteiger partial charge in [-0.25, -0.2) is 9.97 Å². The monoisotopic (exact) mass is 290 g/mol. The molecule has 1 fully saturated rings. The Kier molecular flexibility index (Phi) is 4.74. The quantitative estimate of drug-likeness (QED) is 0.916. The maximum Gasteiger partial charge on any atom is 0.137 e. The van der Waals surface area contributed by atoms with Crippen LogP contribution < -0.4 is 10.2 Å². The van der Waals surface area contributed by atoms with Gasteiger partial charge < -0.3 is 10.2 Å². The molecule has 1 aromatic heterocycles. The number of nitrogens with one attached hydrogen (secondary N) is 1. The molecule has 0 bridgehead atoms. The summed E-state index contributed by atoms with van der Waals surface area (Å²) in [5, 5.41) is 3.21. The Morgan fingerprint density at radius 1 is 1.19 bits per heavy atom. The Morgan fingerprint density at radius 3 is 2.29 bits per heavy atom. The second-order valence-electron chi connectivity index (χ2n) is 7.49. The summed E-state index contributed by atoms with van der Waals surface area (Å²) < 4.78 is 0. The molecule has 0 aromatic carbocycles. The summed E-state index contributed by atoms with van der Waals surface area (Å²) in [6.45, 7) is 13.7. The van der Waals surface area contributed by atoms with Crippen LogP contribution in [0.2, 0.25) is 0 Å². The van der Waals surface area contributed by atoms with E-state index in [1.165, 1.54) is 18.4 Å². The summed E-state index contributed by atoms with van der Waals surface area (Å²) in [6.07, 6.45) is 4.18. The molecular weight excluding hydrogens is 260 g/mol. The smallest absolute Gasteiger partial charge is 0.137 e. The Morgan fingerprint density at radius 2 is 1.81 bits per heavy atom. The van der Waals surface area contributed by atoms with Crippen LogP contribution in [0.15, 0.2) is 6.33 Å². The highest BCUT2D eigenvalue weighted by Gasteiger charge is 2.30. The summed E-state index contributed by atoms with van der Waals surface area (Å²) in [5.74, 6) is 3.32. The number of hydrogen-bond donors (Lipinski definition) is 1. The van der Waals surface area contributed by atoms with E-state index in [0.717, 1.165) is 30.6 Å². The highest BCUT2D eigenvalue weighted by molar-refractivity contribution is 5.60. The zero-order valence-corrected chi connectivity index (χ0v) is 14.4. The number of aromatic nitrogens is 2. The van der Waals surface area contributed by atoms with Gasteiger partial charge >= 0.3 is 0 Å². The lowest BCUT2D eigenvalue weighted by Gasteiger charge is -2.40. The largest absolute Gasteiger partial charge is 0.373 e. The van der Waals surface area contributed by atoms with Crippen LogP contribution >= 0.6 is 0 Å². The molecule has 2 rings (SSSR count). The molecule has 1 aromatic rings. The normalized spacial score (nSPS) is 17.4. The molecule has 2 heterocycles. The highest BCUT2D eigenvalue weighted by Crippen LogP contribution is 2.37. The molecule has 4 heteroatoms. The van der Waals surface area contributed by atoms with Gasteiger partial charge in [0.1, 0.15) is 18.0 Å². The van der Waals surface area contributed by atoms with E-state index in [1.54, 1.807) is 6.33 Å². The molecular formula is C17H30N4. The fourth-order valence-electron chi connectivity index (χ4n) is 3.33. The van der Waals surface area contributed by atoms with Crippen molar-refractivity contribution in [1.82, 2.24) is 9.97 Å². The molecule has 0 saturated carbocycles. The predicted molar refractivity (Wildman–Crippen MR) is 90.1 cm³/mol. The third kappa shape index (κ3) is 3.47. The van der Waals surface area contributed by atoms with E-state index < -0.39 is 0 Å². The lowest BCUT2D eigenvalue weighted by Crippen LogP contribution is -2.39. The van der Waals surface area contributed by atoms with Crippen molar-refractivity contribution in [2.24, 2.45) is 11.3 Å². The molecule has 1 aliphatic rings. The third-order valence-corrected chi connectivity index (χ3v) is 4.70. The topological polar surface area (TPSA) is 41.1 Å². The molecule has 1 aliphatic heterocycles. The molecule has 0 aliphatic carbocycles. The lowest BCUT2D eigenvalue weighted by atomic mass is 9.75. The molecule has 21 heavy (non-hydrogen) atoms. The van der Waals surface area contributed by atoms with Gasteiger partial charge in [-0.3, -0.25) is 0 Å². The van der Waals surface area contributed by atoms with E-state index in [9.17, 15) is 0 Å². The maximum absolute atomic E-state index is 4.59. The summed E-state index contributed by atoms with van der Waals surface area (Å²) in [4.78, 5) is 11.4. The first kappa shape index (κ1) is 16.1. The molecule has 0 amide bonds. The van der Waals surface area contributed by atoms with Gasteiger partial charge in [0.25, 0.3) is 0 Å². The minimum atomic E-state index is 0.411. The zero-order chi connectivity index (χ0) is 15.6. The van der Waals surface area contributed by atoms with Crippen molar-refractivity contribution >= 4 is 11.6 Å². The van der Waals surface area contributed by atoms with E-state index in [4.69, 9.17) is 0 Å². The van der Waals surface area contributed by atoms with Crippen LogP contribution in [0.4, 0.5) is 11.6 Å². The van der Waals surface area contributed by atoms with E-state index >= 15 is 0 Å². The SMILES string of the molecule is CNc1ncnc(N2CCC(C(C)(C)C)CC2)c1C(C)C. The summed E-state index contributed by atoms with van der Waals surface area (Å²) >= 11 is 0. The second-order valence-corrected chi connectivity index (χ2v) is 7.49. The van der Waals surface area contributed by atoms with Gasteiger partial charge in [0.05, 0.1) is 0 Å². The van der Waals surface area contributed by atoms with Crippen molar-refractivity contribution in [2.45, 2.75) is 53.4 Å². The lowest BCUT2D eigenvalue weighted by molar-refractivity contribution is 0.198. The Bertz CT molecular complexity index is 468. The van der Waals surface area contributed by atoms with E-state index in [2.05, 4.69) is 54.8 Å². The number of rotatable bonds is 3.